The molecule has 1 atom stereocenters. The maximum absolute atomic E-state index is 12.1. The maximum atomic E-state index is 12.1. The van der Waals surface area contributed by atoms with Gasteiger partial charge in [-0.15, -0.1) is 11.3 Å². The molecular weight excluding hydrogens is 300 g/mol. The molecule has 1 aromatic carbocycles. The van der Waals surface area contributed by atoms with Crippen molar-refractivity contribution in [1.29, 1.82) is 0 Å². The van der Waals surface area contributed by atoms with Crippen molar-refractivity contribution in [3.63, 3.8) is 0 Å². The summed E-state index contributed by atoms with van der Waals surface area (Å²) in [4.78, 5) is 27.6. The summed E-state index contributed by atoms with van der Waals surface area (Å²) in [5, 5.41) is 14.0. The molecular formula is C16H18N2O3S. The van der Waals surface area contributed by atoms with Gasteiger partial charge in [0.15, 0.2) is 0 Å². The molecule has 0 radical (unpaired) electrons. The van der Waals surface area contributed by atoms with Gasteiger partial charge in [0.2, 0.25) is 0 Å². The largest absolute Gasteiger partial charge is 0.480 e. The number of benzene rings is 1. The summed E-state index contributed by atoms with van der Waals surface area (Å²) >= 11 is 1.37. The van der Waals surface area contributed by atoms with Crippen LogP contribution in [-0.2, 0) is 4.79 Å². The molecule has 1 heterocycles. The van der Waals surface area contributed by atoms with Crippen LogP contribution in [0.5, 0.6) is 0 Å². The Morgan fingerprint density at radius 3 is 2.73 bits per heavy atom. The molecule has 116 valence electrons. The van der Waals surface area contributed by atoms with Gasteiger partial charge in [-0.3, -0.25) is 4.79 Å². The Morgan fingerprint density at radius 1 is 1.36 bits per heavy atom. The van der Waals surface area contributed by atoms with Crippen LogP contribution in [0.2, 0.25) is 0 Å². The number of aromatic nitrogens is 1. The lowest BCUT2D eigenvalue weighted by Crippen LogP contribution is -2.40. The van der Waals surface area contributed by atoms with E-state index in [4.69, 9.17) is 5.11 Å². The van der Waals surface area contributed by atoms with Crippen molar-refractivity contribution < 1.29 is 14.7 Å². The standard InChI is InChI=1S/C16H18N2O3S/c1-3-6-12(16(20)21)17-14(19)13-9-22-15(18-13)11-8-5-4-7-10(11)2/h4-5,7-9,12H,3,6H2,1-2H3,(H,17,19)(H,20,21). The zero-order chi connectivity index (χ0) is 16.1. The lowest BCUT2D eigenvalue weighted by molar-refractivity contribution is -0.139. The number of nitrogens with one attached hydrogen (secondary N) is 1. The van der Waals surface area contributed by atoms with Gasteiger partial charge in [-0.1, -0.05) is 37.6 Å². The number of aliphatic carboxylic acids is 1. The van der Waals surface area contributed by atoms with Crippen LogP contribution in [-0.4, -0.2) is 28.0 Å². The van der Waals surface area contributed by atoms with Gasteiger partial charge in [0.05, 0.1) is 0 Å². The molecule has 0 spiro atoms. The highest BCUT2D eigenvalue weighted by molar-refractivity contribution is 7.13. The highest BCUT2D eigenvalue weighted by Gasteiger charge is 2.21. The fourth-order valence-corrected chi connectivity index (χ4v) is 2.98. The van der Waals surface area contributed by atoms with Crippen molar-refractivity contribution in [2.75, 3.05) is 0 Å². The number of carbonyl (C=O) groups excluding carboxylic acids is 1. The van der Waals surface area contributed by atoms with Gasteiger partial charge in [-0.05, 0) is 18.9 Å². The molecule has 0 fully saturated rings. The molecule has 5 nitrogen and oxygen atoms in total. The number of carboxylic acid groups (broad SMARTS) is 1. The molecule has 0 saturated heterocycles. The minimum absolute atomic E-state index is 0.255. The van der Waals surface area contributed by atoms with Crippen LogP contribution >= 0.6 is 11.3 Å². The van der Waals surface area contributed by atoms with Crippen LogP contribution in [0, 0.1) is 6.92 Å². The number of rotatable bonds is 6. The van der Waals surface area contributed by atoms with Crippen LogP contribution in [0.3, 0.4) is 0 Å². The predicted molar refractivity (Wildman–Crippen MR) is 86.1 cm³/mol. The lowest BCUT2D eigenvalue weighted by Gasteiger charge is -2.12. The number of hydrogen-bond acceptors (Lipinski definition) is 4. The number of hydrogen-bond donors (Lipinski definition) is 2. The number of carbonyl (C=O) groups is 2. The molecule has 2 rings (SSSR count). The molecule has 1 amide bonds. The molecule has 0 aliphatic heterocycles. The monoisotopic (exact) mass is 318 g/mol. The quantitative estimate of drug-likeness (QED) is 0.857. The SMILES string of the molecule is CCCC(NC(=O)c1csc(-c2ccccc2C)n1)C(=O)O. The lowest BCUT2D eigenvalue weighted by atomic mass is 10.1. The third kappa shape index (κ3) is 3.71. The van der Waals surface area contributed by atoms with Gasteiger partial charge in [-0.2, -0.15) is 0 Å². The van der Waals surface area contributed by atoms with E-state index in [9.17, 15) is 9.59 Å². The second-order valence-corrected chi connectivity index (χ2v) is 5.86. The smallest absolute Gasteiger partial charge is 0.326 e. The number of carboxylic acids is 1. The van der Waals surface area contributed by atoms with Crippen molar-refractivity contribution in [3.05, 3.63) is 40.9 Å². The highest BCUT2D eigenvalue weighted by atomic mass is 32.1. The summed E-state index contributed by atoms with van der Waals surface area (Å²) in [7, 11) is 0. The molecule has 0 bridgehead atoms. The van der Waals surface area contributed by atoms with E-state index < -0.39 is 17.9 Å². The minimum Gasteiger partial charge on any atom is -0.480 e. The van der Waals surface area contributed by atoms with Crippen LogP contribution in [0.25, 0.3) is 10.6 Å². The molecule has 1 unspecified atom stereocenters. The second-order valence-electron chi connectivity index (χ2n) is 5.01. The van der Waals surface area contributed by atoms with Gasteiger partial charge in [0.25, 0.3) is 5.91 Å². The summed E-state index contributed by atoms with van der Waals surface area (Å²) in [5.74, 6) is -1.47. The highest BCUT2D eigenvalue weighted by Crippen LogP contribution is 2.26. The van der Waals surface area contributed by atoms with Gasteiger partial charge < -0.3 is 10.4 Å². The maximum Gasteiger partial charge on any atom is 0.326 e. The van der Waals surface area contributed by atoms with Crippen molar-refractivity contribution >= 4 is 23.2 Å². The zero-order valence-electron chi connectivity index (χ0n) is 12.5. The number of amides is 1. The fraction of sp³-hybridized carbons (Fsp3) is 0.312. The number of aryl methyl sites for hydroxylation is 1. The van der Waals surface area contributed by atoms with Crippen molar-refractivity contribution in [2.24, 2.45) is 0 Å². The normalized spacial score (nSPS) is 11.9. The second kappa shape index (κ2) is 7.17. The van der Waals surface area contributed by atoms with E-state index in [2.05, 4.69) is 10.3 Å². The molecule has 0 aliphatic rings. The first-order chi connectivity index (χ1) is 10.5. The third-order valence-corrected chi connectivity index (χ3v) is 4.17. The Hall–Kier alpha value is -2.21. The van der Waals surface area contributed by atoms with Crippen molar-refractivity contribution in [2.45, 2.75) is 32.7 Å². The van der Waals surface area contributed by atoms with Gasteiger partial charge >= 0.3 is 5.97 Å². The Kier molecular flexibility index (Phi) is 5.27. The summed E-state index contributed by atoms with van der Waals surface area (Å²) < 4.78 is 0. The molecule has 6 heteroatoms. The number of thiazole rings is 1. The molecule has 0 aliphatic carbocycles. The van der Waals surface area contributed by atoms with Crippen molar-refractivity contribution in [3.8, 4) is 10.6 Å². The Bertz CT molecular complexity index is 682. The van der Waals surface area contributed by atoms with E-state index in [1.54, 1.807) is 5.38 Å². The van der Waals surface area contributed by atoms with E-state index >= 15 is 0 Å². The van der Waals surface area contributed by atoms with E-state index in [1.165, 1.54) is 11.3 Å². The molecule has 2 N–H and O–H groups in total. The Morgan fingerprint density at radius 2 is 2.09 bits per heavy atom. The first kappa shape index (κ1) is 16.2. The van der Waals surface area contributed by atoms with E-state index in [-0.39, 0.29) is 5.69 Å². The van der Waals surface area contributed by atoms with E-state index in [0.29, 0.717) is 12.8 Å². The first-order valence-corrected chi connectivity index (χ1v) is 7.96. The predicted octanol–water partition coefficient (Wildman–Crippen LogP) is 3.10. The summed E-state index contributed by atoms with van der Waals surface area (Å²) in [6.45, 7) is 3.86. The molecule has 2 aromatic rings. The van der Waals surface area contributed by atoms with Crippen LogP contribution in [0.15, 0.2) is 29.6 Å². The molecule has 1 aromatic heterocycles. The first-order valence-electron chi connectivity index (χ1n) is 7.08. The average Bonchev–Trinajstić information content (AvgIpc) is 2.96. The molecule has 22 heavy (non-hydrogen) atoms. The summed E-state index contributed by atoms with van der Waals surface area (Å²) in [5.41, 5.74) is 2.32. The Labute approximate surface area is 133 Å². The van der Waals surface area contributed by atoms with Crippen LogP contribution in [0.4, 0.5) is 0 Å². The van der Waals surface area contributed by atoms with Crippen molar-refractivity contribution in [1.82, 2.24) is 10.3 Å². The minimum atomic E-state index is -1.02. The van der Waals surface area contributed by atoms with Gasteiger partial charge in [0.1, 0.15) is 16.7 Å². The summed E-state index contributed by atoms with van der Waals surface area (Å²) in [6, 6.07) is 6.93. The fourth-order valence-electron chi connectivity index (χ4n) is 2.09. The number of nitrogens with zero attached hydrogens (tertiary/aromatic N) is 1. The third-order valence-electron chi connectivity index (χ3n) is 3.29. The van der Waals surface area contributed by atoms with E-state index in [0.717, 1.165) is 16.1 Å². The molecule has 0 saturated carbocycles. The summed E-state index contributed by atoms with van der Waals surface area (Å²) in [6.07, 6.45) is 1.08. The van der Waals surface area contributed by atoms with E-state index in [1.807, 2.05) is 38.1 Å². The topological polar surface area (TPSA) is 79.3 Å². The van der Waals surface area contributed by atoms with Crippen LogP contribution in [0.1, 0.15) is 35.8 Å². The van der Waals surface area contributed by atoms with Gasteiger partial charge in [0, 0.05) is 10.9 Å². The Balaban J connectivity index is 2.16. The van der Waals surface area contributed by atoms with Crippen LogP contribution < -0.4 is 5.32 Å². The van der Waals surface area contributed by atoms with Gasteiger partial charge in [-0.25, -0.2) is 9.78 Å². The zero-order valence-corrected chi connectivity index (χ0v) is 13.3. The average molecular weight is 318 g/mol.